The Morgan fingerprint density at radius 2 is 1.88 bits per heavy atom. The van der Waals surface area contributed by atoms with Gasteiger partial charge in [-0.2, -0.15) is 18.4 Å². The minimum Gasteiger partial charge on any atom is -0.313 e. The highest BCUT2D eigenvalue weighted by molar-refractivity contribution is 8.00. The lowest BCUT2D eigenvalue weighted by Crippen LogP contribution is -2.49. The first kappa shape index (κ1) is 30.4. The van der Waals surface area contributed by atoms with Crippen LogP contribution in [0.1, 0.15) is 62.9 Å². The van der Waals surface area contributed by atoms with Gasteiger partial charge in [0.15, 0.2) is 0 Å². The van der Waals surface area contributed by atoms with E-state index in [0.717, 1.165) is 31.2 Å². The molecule has 3 amide bonds. The number of benzene rings is 2. The fourth-order valence-corrected chi connectivity index (χ4v) is 6.28. The molecule has 41 heavy (non-hydrogen) atoms. The fraction of sp³-hybridized carbons (Fsp3) is 0.464. The van der Waals surface area contributed by atoms with Crippen LogP contribution in [0.2, 0.25) is 0 Å². The molecule has 0 bridgehead atoms. The van der Waals surface area contributed by atoms with Gasteiger partial charge < -0.3 is 4.90 Å². The molecule has 1 saturated heterocycles. The molecule has 1 saturated carbocycles. The lowest BCUT2D eigenvalue weighted by molar-refractivity contribution is -0.0328. The third-order valence-electron chi connectivity index (χ3n) is 7.88. The first-order valence-corrected chi connectivity index (χ1v) is 13.9. The first-order chi connectivity index (χ1) is 19.0. The van der Waals surface area contributed by atoms with Crippen LogP contribution in [0.3, 0.4) is 0 Å². The molecule has 0 atom stereocenters. The second-order valence-electron chi connectivity index (χ2n) is 10.7. The van der Waals surface area contributed by atoms with Crippen molar-refractivity contribution in [2.24, 2.45) is 11.8 Å². The van der Waals surface area contributed by atoms with Gasteiger partial charge in [-0.15, -0.1) is 5.10 Å². The van der Waals surface area contributed by atoms with Gasteiger partial charge in [0.1, 0.15) is 0 Å². The van der Waals surface area contributed by atoms with Crippen molar-refractivity contribution in [2.45, 2.75) is 69.4 Å². The lowest BCUT2D eigenvalue weighted by atomic mass is 9.72. The molecule has 2 heterocycles. The van der Waals surface area contributed by atoms with Crippen molar-refractivity contribution in [1.29, 1.82) is 0 Å². The quantitative estimate of drug-likeness (QED) is 0.296. The molecule has 1 aromatic heterocycles. The molecular weight excluding hydrogens is 555 g/mol. The van der Waals surface area contributed by atoms with Crippen LogP contribution in [-0.2, 0) is 6.54 Å². The molecule has 2 aromatic carbocycles. The van der Waals surface area contributed by atoms with Crippen LogP contribution in [-0.4, -0.2) is 55.1 Å². The minimum absolute atomic E-state index is 0. The summed E-state index contributed by atoms with van der Waals surface area (Å²) >= 11 is -0.184. The molecule has 1 aliphatic heterocycles. The number of aromatic nitrogens is 4. The van der Waals surface area contributed by atoms with Crippen molar-refractivity contribution in [3.63, 3.8) is 0 Å². The molecule has 9 nitrogen and oxygen atoms in total. The number of thioether (sulfide) groups is 1. The summed E-state index contributed by atoms with van der Waals surface area (Å²) in [6.07, 6.45) is 3.60. The molecule has 3 aromatic rings. The number of amides is 3. The van der Waals surface area contributed by atoms with E-state index in [0.29, 0.717) is 36.2 Å². The highest BCUT2D eigenvalue weighted by Gasteiger charge is 2.51. The predicted octanol–water partition coefficient (Wildman–Crippen LogP) is 6.73. The van der Waals surface area contributed by atoms with Crippen LogP contribution in [0.15, 0.2) is 53.4 Å². The van der Waals surface area contributed by atoms with Crippen molar-refractivity contribution >= 4 is 35.3 Å². The summed E-state index contributed by atoms with van der Waals surface area (Å²) in [5, 5.41) is 15.6. The molecule has 2 aliphatic rings. The number of alkyl halides is 3. The van der Waals surface area contributed by atoms with Gasteiger partial charge in [-0.05, 0) is 90.4 Å². The SMILES string of the molecule is C.CC(C)C1CCC2(CC1)CN(c1cccc(SC(F)(F)F)c1)C(=O)N2Cc1ccc(C(=O)Nc2nn[nH]n2)cc1. The molecule has 2 N–H and O–H groups in total. The molecule has 1 spiro atoms. The maximum atomic E-state index is 13.9. The van der Waals surface area contributed by atoms with E-state index in [4.69, 9.17) is 0 Å². The maximum Gasteiger partial charge on any atom is 0.446 e. The Morgan fingerprint density at radius 3 is 2.49 bits per heavy atom. The van der Waals surface area contributed by atoms with E-state index in [9.17, 15) is 22.8 Å². The van der Waals surface area contributed by atoms with Gasteiger partial charge in [-0.25, -0.2) is 4.79 Å². The normalized spacial score (nSPS) is 20.9. The average molecular weight is 590 g/mol. The molecule has 1 aliphatic carbocycles. The lowest BCUT2D eigenvalue weighted by Gasteiger charge is -2.43. The summed E-state index contributed by atoms with van der Waals surface area (Å²) in [6.45, 7) is 5.17. The van der Waals surface area contributed by atoms with Crippen molar-refractivity contribution in [3.05, 3.63) is 59.7 Å². The number of aromatic amines is 1. The van der Waals surface area contributed by atoms with E-state index < -0.39 is 17.0 Å². The highest BCUT2D eigenvalue weighted by atomic mass is 32.2. The van der Waals surface area contributed by atoms with Crippen LogP contribution in [0.25, 0.3) is 0 Å². The first-order valence-electron chi connectivity index (χ1n) is 13.1. The second kappa shape index (κ2) is 12.1. The van der Waals surface area contributed by atoms with E-state index in [1.54, 1.807) is 41.3 Å². The van der Waals surface area contributed by atoms with Crippen molar-refractivity contribution in [3.8, 4) is 0 Å². The Hall–Kier alpha value is -3.61. The Labute approximate surface area is 241 Å². The summed E-state index contributed by atoms with van der Waals surface area (Å²) < 4.78 is 39.1. The van der Waals surface area contributed by atoms with Gasteiger partial charge in [0.2, 0.25) is 0 Å². The number of hydrogen-bond acceptors (Lipinski definition) is 6. The van der Waals surface area contributed by atoms with Crippen LogP contribution < -0.4 is 10.2 Å². The van der Waals surface area contributed by atoms with Gasteiger partial charge in [0.25, 0.3) is 11.9 Å². The van der Waals surface area contributed by atoms with Crippen molar-refractivity contribution < 1.29 is 22.8 Å². The molecule has 2 fully saturated rings. The summed E-state index contributed by atoms with van der Waals surface area (Å²) in [5.41, 5.74) is -3.14. The third kappa shape index (κ3) is 6.83. The molecule has 0 radical (unpaired) electrons. The topological polar surface area (TPSA) is 107 Å². The Morgan fingerprint density at radius 1 is 1.17 bits per heavy atom. The van der Waals surface area contributed by atoms with Crippen molar-refractivity contribution in [2.75, 3.05) is 16.8 Å². The summed E-state index contributed by atoms with van der Waals surface area (Å²) in [7, 11) is 0. The molecule has 0 unspecified atom stereocenters. The van der Waals surface area contributed by atoms with E-state index >= 15 is 0 Å². The van der Waals surface area contributed by atoms with Gasteiger partial charge in [-0.3, -0.25) is 15.0 Å². The smallest absolute Gasteiger partial charge is 0.313 e. The number of hydrogen-bond donors (Lipinski definition) is 2. The second-order valence-corrected chi connectivity index (χ2v) is 11.8. The number of carbonyl (C=O) groups is 2. The summed E-state index contributed by atoms with van der Waals surface area (Å²) in [4.78, 5) is 29.9. The number of nitrogens with zero attached hydrogens (tertiary/aromatic N) is 5. The highest BCUT2D eigenvalue weighted by Crippen LogP contribution is 2.46. The number of urea groups is 1. The van der Waals surface area contributed by atoms with E-state index in [2.05, 4.69) is 39.8 Å². The van der Waals surface area contributed by atoms with Gasteiger partial charge in [0.05, 0.1) is 12.1 Å². The Balaban J connectivity index is 0.00000387. The van der Waals surface area contributed by atoms with E-state index in [-0.39, 0.29) is 36.1 Å². The number of tetrazole rings is 1. The van der Waals surface area contributed by atoms with Gasteiger partial charge in [-0.1, -0.05) is 44.6 Å². The van der Waals surface area contributed by atoms with Gasteiger partial charge >= 0.3 is 11.5 Å². The molecule has 5 rings (SSSR count). The fourth-order valence-electron chi connectivity index (χ4n) is 5.69. The zero-order valence-electron chi connectivity index (χ0n) is 22.1. The zero-order valence-corrected chi connectivity index (χ0v) is 22.9. The largest absolute Gasteiger partial charge is 0.446 e. The van der Waals surface area contributed by atoms with Crippen LogP contribution in [0.5, 0.6) is 0 Å². The maximum absolute atomic E-state index is 13.9. The number of anilines is 2. The zero-order chi connectivity index (χ0) is 28.5. The summed E-state index contributed by atoms with van der Waals surface area (Å²) in [6, 6.07) is 12.8. The van der Waals surface area contributed by atoms with E-state index in [1.165, 1.54) is 12.1 Å². The van der Waals surface area contributed by atoms with Crippen LogP contribution >= 0.6 is 11.8 Å². The summed E-state index contributed by atoms with van der Waals surface area (Å²) in [5.74, 6) is 0.784. The number of H-pyrrole nitrogens is 1. The van der Waals surface area contributed by atoms with Crippen LogP contribution in [0, 0.1) is 11.8 Å². The minimum atomic E-state index is -4.41. The standard InChI is InChI=1S/C27H30F3N7O2S.CH4/c1-17(2)19-10-12-26(13-11-19)16-36(21-4-3-5-22(14-21)40-27(28,29)30)25(39)37(26)15-18-6-8-20(9-7-18)23(38)31-24-32-34-35-33-24;/h3-9,14,17,19H,10-13,15-16H2,1-2H3,(H2,31,32,33,34,35,38);1H4. The number of halogens is 3. The van der Waals surface area contributed by atoms with Gasteiger partial charge in [0, 0.05) is 22.7 Å². The Kier molecular flexibility index (Phi) is 8.95. The van der Waals surface area contributed by atoms with E-state index in [1.807, 2.05) is 4.90 Å². The number of nitrogens with one attached hydrogen (secondary N) is 2. The number of carbonyl (C=O) groups excluding carboxylic acids is 2. The molecule has 13 heteroatoms. The average Bonchev–Trinajstić information content (AvgIpc) is 3.51. The third-order valence-corrected chi connectivity index (χ3v) is 8.60. The van der Waals surface area contributed by atoms with Crippen molar-refractivity contribution in [1.82, 2.24) is 25.5 Å². The Bertz CT molecular complexity index is 1340. The monoisotopic (exact) mass is 589 g/mol. The predicted molar refractivity (Wildman–Crippen MR) is 151 cm³/mol. The molecular formula is C28H34F3N7O2S. The van der Waals surface area contributed by atoms with Crippen LogP contribution in [0.4, 0.5) is 29.6 Å². The molecule has 220 valence electrons. The number of rotatable bonds is 7.